The van der Waals surface area contributed by atoms with Crippen molar-refractivity contribution in [2.24, 2.45) is 0 Å². The van der Waals surface area contributed by atoms with Crippen LogP contribution in [0.25, 0.3) is 0 Å². The van der Waals surface area contributed by atoms with Crippen LogP contribution in [0.4, 0.5) is 11.6 Å². The van der Waals surface area contributed by atoms with E-state index in [2.05, 4.69) is 15.3 Å². The van der Waals surface area contributed by atoms with Crippen LogP contribution in [-0.4, -0.2) is 22.9 Å². The summed E-state index contributed by atoms with van der Waals surface area (Å²) in [5, 5.41) is 3.36. The number of nitrogens with zero attached hydrogens (tertiary/aromatic N) is 3. The van der Waals surface area contributed by atoms with E-state index in [0.29, 0.717) is 28.8 Å². The molecule has 1 heterocycles. The van der Waals surface area contributed by atoms with Crippen LogP contribution in [0.1, 0.15) is 27.0 Å². The van der Waals surface area contributed by atoms with Crippen molar-refractivity contribution in [3.8, 4) is 0 Å². The number of rotatable bonds is 5. The SMILES string of the molecule is Cc1cc(C)c(NC(=O)c2cnc(N(C)Cc3ccccc3)nc2)c(Cl)c1. The van der Waals surface area contributed by atoms with Crippen LogP contribution in [0.2, 0.25) is 5.02 Å². The smallest absolute Gasteiger partial charge is 0.258 e. The Bertz CT molecular complexity index is 919. The second-order valence-electron chi connectivity index (χ2n) is 6.51. The molecule has 27 heavy (non-hydrogen) atoms. The van der Waals surface area contributed by atoms with Gasteiger partial charge >= 0.3 is 0 Å². The first kappa shape index (κ1) is 18.9. The highest BCUT2D eigenvalue weighted by Gasteiger charge is 2.13. The Morgan fingerprint density at radius 1 is 1.11 bits per heavy atom. The van der Waals surface area contributed by atoms with E-state index in [1.165, 1.54) is 12.4 Å². The number of anilines is 2. The molecule has 1 amide bonds. The van der Waals surface area contributed by atoms with Crippen LogP contribution in [0.15, 0.2) is 54.9 Å². The molecule has 138 valence electrons. The number of nitrogens with one attached hydrogen (secondary N) is 1. The van der Waals surface area contributed by atoms with Crippen LogP contribution in [0, 0.1) is 13.8 Å². The second-order valence-corrected chi connectivity index (χ2v) is 6.91. The lowest BCUT2D eigenvalue weighted by Crippen LogP contribution is -2.20. The fourth-order valence-corrected chi connectivity index (χ4v) is 3.19. The van der Waals surface area contributed by atoms with Gasteiger partial charge in [-0.1, -0.05) is 48.0 Å². The van der Waals surface area contributed by atoms with E-state index in [0.717, 1.165) is 16.7 Å². The van der Waals surface area contributed by atoms with Gasteiger partial charge in [-0.3, -0.25) is 4.79 Å². The summed E-state index contributed by atoms with van der Waals surface area (Å²) in [6, 6.07) is 13.9. The lowest BCUT2D eigenvalue weighted by molar-refractivity contribution is 0.102. The van der Waals surface area contributed by atoms with Gasteiger partial charge in [0.15, 0.2) is 0 Å². The van der Waals surface area contributed by atoms with Crippen LogP contribution in [0.5, 0.6) is 0 Å². The topological polar surface area (TPSA) is 58.1 Å². The van der Waals surface area contributed by atoms with E-state index in [1.807, 2.05) is 68.3 Å². The molecule has 0 bridgehead atoms. The fraction of sp³-hybridized carbons (Fsp3) is 0.190. The maximum atomic E-state index is 12.5. The van der Waals surface area contributed by atoms with Gasteiger partial charge in [0, 0.05) is 26.0 Å². The number of hydrogen-bond acceptors (Lipinski definition) is 4. The molecule has 1 aromatic heterocycles. The molecule has 3 rings (SSSR count). The molecule has 0 fully saturated rings. The highest BCUT2D eigenvalue weighted by atomic mass is 35.5. The Balaban J connectivity index is 1.70. The van der Waals surface area contributed by atoms with Crippen molar-refractivity contribution in [3.63, 3.8) is 0 Å². The first-order valence-electron chi connectivity index (χ1n) is 8.59. The Morgan fingerprint density at radius 2 is 1.78 bits per heavy atom. The molecule has 5 nitrogen and oxygen atoms in total. The third-order valence-electron chi connectivity index (χ3n) is 4.17. The average molecular weight is 381 g/mol. The van der Waals surface area contributed by atoms with Gasteiger partial charge < -0.3 is 10.2 Å². The number of carbonyl (C=O) groups excluding carboxylic acids is 1. The molecule has 0 radical (unpaired) electrons. The van der Waals surface area contributed by atoms with Crippen molar-refractivity contribution < 1.29 is 4.79 Å². The first-order valence-corrected chi connectivity index (χ1v) is 8.97. The van der Waals surface area contributed by atoms with Gasteiger partial charge in [-0.25, -0.2) is 9.97 Å². The number of aryl methyl sites for hydroxylation is 2. The lowest BCUT2D eigenvalue weighted by atomic mass is 10.1. The number of amides is 1. The van der Waals surface area contributed by atoms with E-state index in [4.69, 9.17) is 11.6 Å². The number of hydrogen-bond donors (Lipinski definition) is 1. The van der Waals surface area contributed by atoms with Crippen molar-refractivity contribution in [2.75, 3.05) is 17.3 Å². The molecule has 0 aliphatic carbocycles. The zero-order chi connectivity index (χ0) is 19.4. The number of halogens is 1. The summed E-state index contributed by atoms with van der Waals surface area (Å²) in [5.74, 6) is 0.265. The zero-order valence-electron chi connectivity index (χ0n) is 15.5. The minimum atomic E-state index is -0.291. The summed E-state index contributed by atoms with van der Waals surface area (Å²) >= 11 is 6.26. The monoisotopic (exact) mass is 380 g/mol. The van der Waals surface area contributed by atoms with Crippen molar-refractivity contribution in [3.05, 3.63) is 82.1 Å². The number of aromatic nitrogens is 2. The Hall–Kier alpha value is -2.92. The molecule has 0 aliphatic heterocycles. The van der Waals surface area contributed by atoms with Gasteiger partial charge in [0.25, 0.3) is 5.91 Å². The van der Waals surface area contributed by atoms with Crippen LogP contribution < -0.4 is 10.2 Å². The molecular weight excluding hydrogens is 360 g/mol. The summed E-state index contributed by atoms with van der Waals surface area (Å²) in [6.07, 6.45) is 3.05. The molecule has 0 atom stereocenters. The van der Waals surface area contributed by atoms with E-state index in [1.54, 1.807) is 0 Å². The summed E-state index contributed by atoms with van der Waals surface area (Å²) in [5.41, 5.74) is 4.11. The molecule has 0 unspecified atom stereocenters. The van der Waals surface area contributed by atoms with Gasteiger partial charge in [0.2, 0.25) is 5.95 Å². The normalized spacial score (nSPS) is 10.5. The predicted molar refractivity (Wildman–Crippen MR) is 109 cm³/mol. The van der Waals surface area contributed by atoms with Gasteiger partial charge in [-0.2, -0.15) is 0 Å². The number of carbonyl (C=O) groups is 1. The van der Waals surface area contributed by atoms with Crippen molar-refractivity contribution in [1.82, 2.24) is 9.97 Å². The highest BCUT2D eigenvalue weighted by Crippen LogP contribution is 2.27. The maximum absolute atomic E-state index is 12.5. The molecule has 6 heteroatoms. The zero-order valence-corrected chi connectivity index (χ0v) is 16.3. The fourth-order valence-electron chi connectivity index (χ4n) is 2.82. The summed E-state index contributed by atoms with van der Waals surface area (Å²) in [7, 11) is 1.91. The first-order chi connectivity index (χ1) is 12.9. The standard InChI is InChI=1S/C21H21ClN4O/c1-14-9-15(2)19(18(22)10-14)25-20(27)17-11-23-21(24-12-17)26(3)13-16-7-5-4-6-8-16/h4-12H,13H2,1-3H3,(H,25,27). The Kier molecular flexibility index (Phi) is 5.72. The molecule has 3 aromatic rings. The summed E-state index contributed by atoms with van der Waals surface area (Å²) < 4.78 is 0. The van der Waals surface area contributed by atoms with Crippen LogP contribution in [0.3, 0.4) is 0 Å². The van der Waals surface area contributed by atoms with Crippen molar-refractivity contribution in [1.29, 1.82) is 0 Å². The van der Waals surface area contributed by atoms with Crippen molar-refractivity contribution in [2.45, 2.75) is 20.4 Å². The summed E-state index contributed by atoms with van der Waals surface area (Å²) in [4.78, 5) is 23.1. The lowest BCUT2D eigenvalue weighted by Gasteiger charge is -2.17. The predicted octanol–water partition coefficient (Wildman–Crippen LogP) is 4.64. The highest BCUT2D eigenvalue weighted by molar-refractivity contribution is 6.34. The van der Waals surface area contributed by atoms with E-state index < -0.39 is 0 Å². The van der Waals surface area contributed by atoms with Gasteiger partial charge in [-0.05, 0) is 36.6 Å². The third kappa shape index (κ3) is 4.63. The van der Waals surface area contributed by atoms with E-state index in [9.17, 15) is 4.79 Å². The van der Waals surface area contributed by atoms with Gasteiger partial charge in [0.1, 0.15) is 0 Å². The maximum Gasteiger partial charge on any atom is 0.258 e. The third-order valence-corrected chi connectivity index (χ3v) is 4.47. The summed E-state index contributed by atoms with van der Waals surface area (Å²) in [6.45, 7) is 4.56. The van der Waals surface area contributed by atoms with Crippen LogP contribution >= 0.6 is 11.6 Å². The molecule has 0 saturated carbocycles. The van der Waals surface area contributed by atoms with E-state index in [-0.39, 0.29) is 5.91 Å². The molecule has 0 spiro atoms. The van der Waals surface area contributed by atoms with Gasteiger partial charge in [0.05, 0.1) is 16.3 Å². The minimum Gasteiger partial charge on any atom is -0.340 e. The van der Waals surface area contributed by atoms with E-state index >= 15 is 0 Å². The van der Waals surface area contributed by atoms with Crippen molar-refractivity contribution >= 4 is 29.1 Å². The Labute approximate surface area is 164 Å². The van der Waals surface area contributed by atoms with Crippen LogP contribution in [-0.2, 0) is 6.54 Å². The average Bonchev–Trinajstić information content (AvgIpc) is 2.65. The second kappa shape index (κ2) is 8.18. The quantitative estimate of drug-likeness (QED) is 0.700. The number of benzene rings is 2. The molecular formula is C21H21ClN4O. The largest absolute Gasteiger partial charge is 0.340 e. The Morgan fingerprint density at radius 3 is 2.41 bits per heavy atom. The van der Waals surface area contributed by atoms with Gasteiger partial charge in [-0.15, -0.1) is 0 Å². The molecule has 0 saturated heterocycles. The molecule has 0 aliphatic rings. The molecule has 2 aromatic carbocycles. The molecule has 1 N–H and O–H groups in total. The minimum absolute atomic E-state index is 0.291.